The van der Waals surface area contributed by atoms with Crippen LogP contribution in [-0.4, -0.2) is 9.55 Å². The first-order chi connectivity index (χ1) is 7.81. The van der Waals surface area contributed by atoms with Gasteiger partial charge in [0.05, 0.1) is 11.1 Å². The molecule has 1 fully saturated rings. The molecule has 1 aliphatic rings. The Kier molecular flexibility index (Phi) is 1.87. The average Bonchev–Trinajstić information content (AvgIpc) is 2.54. The lowest BCUT2D eigenvalue weighted by molar-refractivity contribution is 0.324. The van der Waals surface area contributed by atoms with Crippen molar-refractivity contribution in [1.82, 2.24) is 9.55 Å². The lowest BCUT2D eigenvalue weighted by Crippen LogP contribution is -2.18. The molecular formula is C12H12N4. The Morgan fingerprint density at radius 1 is 1.44 bits per heavy atom. The van der Waals surface area contributed by atoms with Gasteiger partial charge in [-0.15, -0.1) is 0 Å². The van der Waals surface area contributed by atoms with Crippen molar-refractivity contribution < 1.29 is 0 Å². The quantitative estimate of drug-likeness (QED) is 0.788. The minimum Gasteiger partial charge on any atom is -0.369 e. The maximum absolute atomic E-state index is 9.01. The summed E-state index contributed by atoms with van der Waals surface area (Å²) >= 11 is 0. The van der Waals surface area contributed by atoms with Crippen LogP contribution < -0.4 is 5.73 Å². The molecular weight excluding hydrogens is 200 g/mol. The Hall–Kier alpha value is -2.02. The second kappa shape index (κ2) is 3.24. The zero-order valence-corrected chi connectivity index (χ0v) is 8.85. The molecule has 0 radical (unpaired) electrons. The first-order valence-electron chi connectivity index (χ1n) is 5.48. The minimum absolute atomic E-state index is 0.471. The summed E-state index contributed by atoms with van der Waals surface area (Å²) < 4.78 is 2.07. The molecule has 0 aliphatic heterocycles. The number of fused-ring (bicyclic) bond motifs is 1. The average molecular weight is 212 g/mol. The van der Waals surface area contributed by atoms with E-state index in [1.54, 1.807) is 6.07 Å². The lowest BCUT2D eigenvalue weighted by atomic mass is 9.92. The fourth-order valence-corrected chi connectivity index (χ4v) is 2.25. The third-order valence-corrected chi connectivity index (χ3v) is 3.31. The van der Waals surface area contributed by atoms with Crippen LogP contribution in [0.15, 0.2) is 18.2 Å². The summed E-state index contributed by atoms with van der Waals surface area (Å²) in [5, 5.41) is 9.01. The van der Waals surface area contributed by atoms with Crippen molar-refractivity contribution in [3.05, 3.63) is 23.8 Å². The van der Waals surface area contributed by atoms with Crippen LogP contribution in [0.3, 0.4) is 0 Å². The van der Waals surface area contributed by atoms with E-state index >= 15 is 0 Å². The molecule has 1 saturated carbocycles. The van der Waals surface area contributed by atoms with E-state index in [1.165, 1.54) is 6.42 Å². The Labute approximate surface area is 93.3 Å². The van der Waals surface area contributed by atoms with Gasteiger partial charge in [-0.2, -0.15) is 5.26 Å². The van der Waals surface area contributed by atoms with Crippen molar-refractivity contribution >= 4 is 17.0 Å². The Morgan fingerprint density at radius 3 is 2.88 bits per heavy atom. The van der Waals surface area contributed by atoms with Gasteiger partial charge in [-0.25, -0.2) is 4.98 Å². The topological polar surface area (TPSA) is 67.6 Å². The van der Waals surface area contributed by atoms with Crippen molar-refractivity contribution in [3.63, 3.8) is 0 Å². The summed E-state index contributed by atoms with van der Waals surface area (Å²) in [7, 11) is 0. The van der Waals surface area contributed by atoms with Gasteiger partial charge in [0, 0.05) is 6.04 Å². The number of nitrogen functional groups attached to an aromatic ring is 1. The van der Waals surface area contributed by atoms with Crippen LogP contribution in [-0.2, 0) is 0 Å². The molecule has 16 heavy (non-hydrogen) atoms. The molecule has 0 atom stereocenters. The highest BCUT2D eigenvalue weighted by Gasteiger charge is 2.24. The molecule has 1 aliphatic carbocycles. The summed E-state index contributed by atoms with van der Waals surface area (Å²) in [6.45, 7) is 0. The van der Waals surface area contributed by atoms with Gasteiger partial charge in [0.2, 0.25) is 5.95 Å². The fraction of sp³-hybridized carbons (Fsp3) is 0.333. The standard InChI is InChI=1S/C12H12N4/c13-7-8-3-1-6-10-11(8)15-12(14)16(10)9-4-2-5-9/h1,3,6,9H,2,4-5H2,(H2,14,15). The molecule has 0 amide bonds. The van der Waals surface area contributed by atoms with Gasteiger partial charge >= 0.3 is 0 Å². The third-order valence-electron chi connectivity index (χ3n) is 3.31. The highest BCUT2D eigenvalue weighted by molar-refractivity contribution is 5.84. The third kappa shape index (κ3) is 1.12. The number of nitrogens with two attached hydrogens (primary N) is 1. The zero-order chi connectivity index (χ0) is 11.1. The number of nitriles is 1. The van der Waals surface area contributed by atoms with E-state index in [0.717, 1.165) is 23.9 Å². The van der Waals surface area contributed by atoms with E-state index in [2.05, 4.69) is 15.6 Å². The van der Waals surface area contributed by atoms with Gasteiger partial charge < -0.3 is 10.3 Å². The molecule has 3 rings (SSSR count). The second-order valence-electron chi connectivity index (χ2n) is 4.21. The van der Waals surface area contributed by atoms with E-state index in [4.69, 9.17) is 11.0 Å². The number of benzene rings is 1. The van der Waals surface area contributed by atoms with Crippen LogP contribution in [0, 0.1) is 11.3 Å². The maximum Gasteiger partial charge on any atom is 0.201 e. The summed E-state index contributed by atoms with van der Waals surface area (Å²) in [5.41, 5.74) is 8.25. The number of para-hydroxylation sites is 1. The molecule has 4 heteroatoms. The summed E-state index contributed by atoms with van der Waals surface area (Å²) in [4.78, 5) is 4.31. The van der Waals surface area contributed by atoms with Crippen LogP contribution in [0.2, 0.25) is 0 Å². The van der Waals surface area contributed by atoms with E-state index < -0.39 is 0 Å². The number of aromatic nitrogens is 2. The number of nitrogens with zero attached hydrogens (tertiary/aromatic N) is 3. The second-order valence-corrected chi connectivity index (χ2v) is 4.21. The van der Waals surface area contributed by atoms with Crippen molar-refractivity contribution in [3.8, 4) is 6.07 Å². The molecule has 1 heterocycles. The number of hydrogen-bond donors (Lipinski definition) is 1. The van der Waals surface area contributed by atoms with Crippen LogP contribution in [0.25, 0.3) is 11.0 Å². The van der Waals surface area contributed by atoms with Gasteiger partial charge in [-0.3, -0.25) is 0 Å². The van der Waals surface area contributed by atoms with Crippen molar-refractivity contribution in [1.29, 1.82) is 5.26 Å². The SMILES string of the molecule is N#Cc1cccc2c1nc(N)n2C1CCC1. The highest BCUT2D eigenvalue weighted by Crippen LogP contribution is 2.36. The molecule has 80 valence electrons. The van der Waals surface area contributed by atoms with Crippen LogP contribution >= 0.6 is 0 Å². The van der Waals surface area contributed by atoms with Gasteiger partial charge in [-0.05, 0) is 31.4 Å². The molecule has 0 bridgehead atoms. The van der Waals surface area contributed by atoms with Gasteiger partial charge in [-0.1, -0.05) is 6.07 Å². The van der Waals surface area contributed by atoms with Gasteiger partial charge in [0.1, 0.15) is 11.6 Å². The van der Waals surface area contributed by atoms with Crippen molar-refractivity contribution in [2.45, 2.75) is 25.3 Å². The predicted molar refractivity (Wildman–Crippen MR) is 61.7 cm³/mol. The largest absolute Gasteiger partial charge is 0.369 e. The number of hydrogen-bond acceptors (Lipinski definition) is 3. The van der Waals surface area contributed by atoms with Crippen molar-refractivity contribution in [2.75, 3.05) is 5.73 Å². The molecule has 0 spiro atoms. The van der Waals surface area contributed by atoms with E-state index in [9.17, 15) is 0 Å². The van der Waals surface area contributed by atoms with Crippen molar-refractivity contribution in [2.24, 2.45) is 0 Å². The smallest absolute Gasteiger partial charge is 0.201 e. The number of rotatable bonds is 1. The first-order valence-corrected chi connectivity index (χ1v) is 5.48. The van der Waals surface area contributed by atoms with Crippen LogP contribution in [0.1, 0.15) is 30.9 Å². The maximum atomic E-state index is 9.01. The zero-order valence-electron chi connectivity index (χ0n) is 8.85. The van der Waals surface area contributed by atoms with E-state index in [0.29, 0.717) is 17.6 Å². The van der Waals surface area contributed by atoms with Gasteiger partial charge in [0.25, 0.3) is 0 Å². The predicted octanol–water partition coefficient (Wildman–Crippen LogP) is 2.22. The Balaban J connectivity index is 2.29. The highest BCUT2D eigenvalue weighted by atomic mass is 15.2. The van der Waals surface area contributed by atoms with Crippen LogP contribution in [0.5, 0.6) is 0 Å². The van der Waals surface area contributed by atoms with E-state index in [1.807, 2.05) is 12.1 Å². The van der Waals surface area contributed by atoms with Crippen LogP contribution in [0.4, 0.5) is 5.95 Å². The summed E-state index contributed by atoms with van der Waals surface area (Å²) in [6.07, 6.45) is 3.57. The summed E-state index contributed by atoms with van der Waals surface area (Å²) in [5.74, 6) is 0.530. The lowest BCUT2D eigenvalue weighted by Gasteiger charge is -2.28. The first kappa shape index (κ1) is 9.22. The molecule has 0 saturated heterocycles. The normalized spacial score (nSPS) is 15.9. The molecule has 2 N–H and O–H groups in total. The van der Waals surface area contributed by atoms with Gasteiger partial charge in [0.15, 0.2) is 0 Å². The van der Waals surface area contributed by atoms with E-state index in [-0.39, 0.29) is 0 Å². The molecule has 1 aromatic heterocycles. The molecule has 1 aromatic carbocycles. The molecule has 0 unspecified atom stereocenters. The Bertz CT molecular complexity index is 587. The fourth-order valence-electron chi connectivity index (χ4n) is 2.25. The monoisotopic (exact) mass is 212 g/mol. The summed E-state index contributed by atoms with van der Waals surface area (Å²) in [6, 6.07) is 8.27. The number of anilines is 1. The molecule has 4 nitrogen and oxygen atoms in total. The number of imidazole rings is 1. The minimum atomic E-state index is 0.471. The Morgan fingerprint density at radius 2 is 2.25 bits per heavy atom. The molecule has 2 aromatic rings.